The van der Waals surface area contributed by atoms with Gasteiger partial charge in [-0.2, -0.15) is 0 Å². The second kappa shape index (κ2) is 7.80. The Morgan fingerprint density at radius 3 is 2.40 bits per heavy atom. The molecule has 25 heavy (non-hydrogen) atoms. The van der Waals surface area contributed by atoms with Crippen molar-refractivity contribution in [2.24, 2.45) is 0 Å². The zero-order valence-electron chi connectivity index (χ0n) is 15.5. The molecule has 0 bridgehead atoms. The molecular weight excluding hydrogens is 332 g/mol. The highest BCUT2D eigenvalue weighted by Gasteiger charge is 2.37. The van der Waals surface area contributed by atoms with Gasteiger partial charge in [-0.3, -0.25) is 5.32 Å². The molecule has 134 valence electrons. The Morgan fingerprint density at radius 1 is 1.08 bits per heavy atom. The van der Waals surface area contributed by atoms with Crippen molar-refractivity contribution in [1.82, 2.24) is 4.98 Å². The van der Waals surface area contributed by atoms with Crippen molar-refractivity contribution in [2.45, 2.75) is 45.5 Å². The average Bonchev–Trinajstić information content (AvgIpc) is 2.53. The maximum atomic E-state index is 11.9. The van der Waals surface area contributed by atoms with Crippen molar-refractivity contribution < 1.29 is 14.0 Å². The molecule has 1 aromatic heterocycles. The molecule has 0 spiro atoms. The average molecular weight is 359 g/mol. The first-order valence-corrected chi connectivity index (χ1v) is 11.2. The molecule has 0 fully saturated rings. The molecule has 1 N–H and O–H groups in total. The van der Waals surface area contributed by atoms with Crippen LogP contribution < -0.4 is 10.1 Å². The summed E-state index contributed by atoms with van der Waals surface area (Å²) in [5.41, 5.74) is 0.780. The molecule has 0 atom stereocenters. The zero-order chi connectivity index (χ0) is 18.5. The monoisotopic (exact) mass is 358 g/mol. The number of aromatic nitrogens is 1. The van der Waals surface area contributed by atoms with E-state index in [0.717, 1.165) is 5.69 Å². The number of carbonyl (C=O) groups is 1. The van der Waals surface area contributed by atoms with E-state index >= 15 is 0 Å². The molecule has 0 aliphatic carbocycles. The smallest absolute Gasteiger partial charge is 0.411 e. The summed E-state index contributed by atoms with van der Waals surface area (Å²) in [4.78, 5) is 16.4. The van der Waals surface area contributed by atoms with Crippen LogP contribution in [0.1, 0.15) is 26.5 Å². The number of anilines is 1. The molecular formula is C19H26N2O3Si. The van der Waals surface area contributed by atoms with E-state index in [0.29, 0.717) is 18.2 Å². The third kappa shape index (κ3) is 5.69. The second-order valence-electron chi connectivity index (χ2n) is 7.39. The van der Waals surface area contributed by atoms with E-state index in [4.69, 9.17) is 9.16 Å². The summed E-state index contributed by atoms with van der Waals surface area (Å²) in [5, 5.41) is 2.78. The van der Waals surface area contributed by atoms with Crippen LogP contribution >= 0.6 is 0 Å². The van der Waals surface area contributed by atoms with Crippen molar-refractivity contribution in [3.05, 3.63) is 54.2 Å². The lowest BCUT2D eigenvalue weighted by molar-refractivity contribution is 0.215. The van der Waals surface area contributed by atoms with Crippen molar-refractivity contribution in [3.63, 3.8) is 0 Å². The van der Waals surface area contributed by atoms with Gasteiger partial charge in [-0.1, -0.05) is 45.0 Å². The number of hydrogen-bond donors (Lipinski definition) is 1. The molecule has 6 heteroatoms. The van der Waals surface area contributed by atoms with Crippen molar-refractivity contribution in [1.29, 1.82) is 0 Å². The van der Waals surface area contributed by atoms with Gasteiger partial charge in [-0.15, -0.1) is 0 Å². The maximum Gasteiger partial charge on any atom is 0.418 e. The first-order chi connectivity index (χ1) is 11.7. The van der Waals surface area contributed by atoms with Gasteiger partial charge >= 0.3 is 6.09 Å². The molecule has 0 unspecified atom stereocenters. The van der Waals surface area contributed by atoms with Crippen LogP contribution in [0.5, 0.6) is 5.75 Å². The van der Waals surface area contributed by atoms with Crippen LogP contribution in [0.15, 0.2) is 48.5 Å². The first-order valence-electron chi connectivity index (χ1n) is 8.31. The van der Waals surface area contributed by atoms with Crippen LogP contribution in [-0.2, 0) is 11.0 Å². The third-order valence-corrected chi connectivity index (χ3v) is 8.86. The molecule has 0 aliphatic heterocycles. The summed E-state index contributed by atoms with van der Waals surface area (Å²) in [5.74, 6) is 0.926. The quantitative estimate of drug-likeness (QED) is 0.745. The van der Waals surface area contributed by atoms with Crippen LogP contribution in [0.25, 0.3) is 0 Å². The van der Waals surface area contributed by atoms with E-state index in [9.17, 15) is 4.79 Å². The summed E-state index contributed by atoms with van der Waals surface area (Å²) in [6.45, 7) is 11.4. The van der Waals surface area contributed by atoms with E-state index in [1.165, 1.54) is 0 Å². The zero-order valence-corrected chi connectivity index (χ0v) is 16.5. The van der Waals surface area contributed by atoms with E-state index in [2.05, 4.69) is 44.2 Å². The highest BCUT2D eigenvalue weighted by Crippen LogP contribution is 2.36. The number of carbonyl (C=O) groups excluding carboxylic acids is 1. The molecule has 0 radical (unpaired) electrons. The lowest BCUT2D eigenvalue weighted by Crippen LogP contribution is -2.40. The van der Waals surface area contributed by atoms with Gasteiger partial charge in [-0.05, 0) is 42.4 Å². The van der Waals surface area contributed by atoms with Crippen LogP contribution in [-0.4, -0.2) is 19.4 Å². The lowest BCUT2D eigenvalue weighted by atomic mass is 10.2. The standard InChI is InChI=1S/C19H26N2O3Si/c1-19(2,3)25(4,5)23-14-15-10-9-13-17(20-15)21-18(22)24-16-11-7-6-8-12-16/h6-13H,14H2,1-5H3,(H,20,21,22). The van der Waals surface area contributed by atoms with Crippen molar-refractivity contribution in [3.8, 4) is 5.75 Å². The summed E-state index contributed by atoms with van der Waals surface area (Å²) >= 11 is 0. The van der Waals surface area contributed by atoms with Crippen molar-refractivity contribution >= 4 is 20.2 Å². The van der Waals surface area contributed by atoms with Crippen LogP contribution in [0.4, 0.5) is 10.6 Å². The maximum absolute atomic E-state index is 11.9. The van der Waals surface area contributed by atoms with Crippen LogP contribution in [0, 0.1) is 0 Å². The summed E-state index contributed by atoms with van der Waals surface area (Å²) in [6.07, 6.45) is -0.568. The Hall–Kier alpha value is -2.18. The molecule has 5 nitrogen and oxygen atoms in total. The Balaban J connectivity index is 1.96. The number of ether oxygens (including phenoxy) is 1. The van der Waals surface area contributed by atoms with Gasteiger partial charge in [0.1, 0.15) is 11.6 Å². The Kier molecular flexibility index (Phi) is 5.97. The SMILES string of the molecule is CC(C)(C)[Si](C)(C)OCc1cccc(NC(=O)Oc2ccccc2)n1. The summed E-state index contributed by atoms with van der Waals surface area (Å²) in [6, 6.07) is 14.4. The third-order valence-electron chi connectivity index (χ3n) is 4.38. The topological polar surface area (TPSA) is 60.5 Å². The Bertz CT molecular complexity index is 712. The fourth-order valence-corrected chi connectivity index (χ4v) is 2.77. The highest BCUT2D eigenvalue weighted by molar-refractivity contribution is 6.74. The van der Waals surface area contributed by atoms with E-state index < -0.39 is 14.4 Å². The molecule has 1 heterocycles. The minimum absolute atomic E-state index is 0.141. The number of nitrogens with one attached hydrogen (secondary N) is 1. The largest absolute Gasteiger partial charge is 0.418 e. The highest BCUT2D eigenvalue weighted by atomic mass is 28.4. The van der Waals surface area contributed by atoms with Gasteiger partial charge in [0.25, 0.3) is 0 Å². The van der Waals surface area contributed by atoms with Gasteiger partial charge in [0.2, 0.25) is 0 Å². The predicted molar refractivity (Wildman–Crippen MR) is 102 cm³/mol. The fourth-order valence-electron chi connectivity index (χ4n) is 1.83. The molecule has 2 rings (SSSR count). The number of rotatable bonds is 5. The van der Waals surface area contributed by atoms with E-state index in [1.807, 2.05) is 18.2 Å². The van der Waals surface area contributed by atoms with Gasteiger partial charge in [0.05, 0.1) is 12.3 Å². The second-order valence-corrected chi connectivity index (χ2v) is 12.2. The fraction of sp³-hybridized carbons (Fsp3) is 0.368. The minimum atomic E-state index is -1.84. The van der Waals surface area contributed by atoms with E-state index in [1.54, 1.807) is 30.3 Å². The first kappa shape index (κ1) is 19.1. The van der Waals surface area contributed by atoms with Crippen molar-refractivity contribution in [2.75, 3.05) is 5.32 Å². The number of para-hydroxylation sites is 1. The summed E-state index contributed by atoms with van der Waals surface area (Å²) in [7, 11) is -1.84. The molecule has 0 saturated carbocycles. The number of benzene rings is 1. The number of pyridine rings is 1. The Labute approximate surface area is 150 Å². The van der Waals surface area contributed by atoms with Gasteiger partial charge < -0.3 is 9.16 Å². The molecule has 0 aliphatic rings. The van der Waals surface area contributed by atoms with E-state index in [-0.39, 0.29) is 5.04 Å². The van der Waals surface area contributed by atoms with Crippen LogP contribution in [0.3, 0.4) is 0 Å². The molecule has 1 aromatic carbocycles. The molecule has 2 aromatic rings. The van der Waals surface area contributed by atoms with Crippen LogP contribution in [0.2, 0.25) is 18.1 Å². The lowest BCUT2D eigenvalue weighted by Gasteiger charge is -2.36. The normalized spacial score (nSPS) is 11.9. The number of hydrogen-bond acceptors (Lipinski definition) is 4. The van der Waals surface area contributed by atoms with Gasteiger partial charge in [0.15, 0.2) is 8.32 Å². The van der Waals surface area contributed by atoms with Gasteiger partial charge in [-0.25, -0.2) is 9.78 Å². The van der Waals surface area contributed by atoms with Gasteiger partial charge in [0, 0.05) is 0 Å². The number of amides is 1. The molecule has 0 saturated heterocycles. The Morgan fingerprint density at radius 2 is 1.76 bits per heavy atom. The predicted octanol–water partition coefficient (Wildman–Crippen LogP) is 5.21. The number of nitrogens with zero attached hydrogens (tertiary/aromatic N) is 1. The minimum Gasteiger partial charge on any atom is -0.411 e. The molecule has 1 amide bonds. The summed E-state index contributed by atoms with van der Waals surface area (Å²) < 4.78 is 11.4.